The third-order valence-corrected chi connectivity index (χ3v) is 10.3. The van der Waals surface area contributed by atoms with Gasteiger partial charge in [0.25, 0.3) is 5.91 Å². The molecule has 0 aliphatic heterocycles. The van der Waals surface area contributed by atoms with E-state index in [0.29, 0.717) is 35.5 Å². The Morgan fingerprint density at radius 2 is 1.76 bits per heavy atom. The predicted molar refractivity (Wildman–Crippen MR) is 150 cm³/mol. The first-order valence-electron chi connectivity index (χ1n) is 14.2. The van der Waals surface area contributed by atoms with Gasteiger partial charge in [-0.15, -0.1) is 0 Å². The molecule has 6 atom stereocenters. The number of Topliss-reactive ketones (excluding diaryl/α,β-unsaturated/α-hetero) is 2. The minimum atomic E-state index is -2.65. The van der Waals surface area contributed by atoms with Crippen LogP contribution in [0.25, 0.3) is 5.76 Å². The lowest BCUT2D eigenvalue weighted by atomic mass is 9.57. The fourth-order valence-electron chi connectivity index (χ4n) is 8.34. The maximum absolute atomic E-state index is 14.1. The summed E-state index contributed by atoms with van der Waals surface area (Å²) >= 11 is 0. The highest BCUT2D eigenvalue weighted by atomic mass is 16.3. The van der Waals surface area contributed by atoms with Crippen LogP contribution in [0.15, 0.2) is 23.0 Å². The molecule has 7 rings (SSSR count). The fourth-order valence-corrected chi connectivity index (χ4v) is 8.34. The molecule has 0 saturated heterocycles. The number of likely N-dealkylation sites (N-methyl/N-ethyl adjacent to an activating group) is 1. The molecule has 2 bridgehead atoms. The molecular weight excluding hydrogens is 528 g/mol. The molecule has 1 aromatic rings. The first-order valence-corrected chi connectivity index (χ1v) is 14.2. The Labute approximate surface area is 238 Å². The summed E-state index contributed by atoms with van der Waals surface area (Å²) in [5.41, 5.74) is 3.95. The number of carbonyl (C=O) groups excluding carboxylic acids is 3. The van der Waals surface area contributed by atoms with Gasteiger partial charge in [-0.2, -0.15) is 0 Å². The Kier molecular flexibility index (Phi) is 6.29. The third kappa shape index (κ3) is 3.71. The highest BCUT2D eigenvalue weighted by molar-refractivity contribution is 6.24. The van der Waals surface area contributed by atoms with Crippen molar-refractivity contribution in [3.05, 3.63) is 39.7 Å². The minimum absolute atomic E-state index is 0.0627. The van der Waals surface area contributed by atoms with Gasteiger partial charge in [-0.05, 0) is 75.6 Å². The number of phenolic OH excluding ortho intramolecular Hbond substituents is 1. The molecule has 0 aromatic heterocycles. The molecule has 11 nitrogen and oxygen atoms in total. The van der Waals surface area contributed by atoms with Gasteiger partial charge in [0.1, 0.15) is 22.8 Å². The van der Waals surface area contributed by atoms with Crippen LogP contribution in [-0.2, 0) is 27.3 Å². The standard InChI is InChI=1S/C30H38N4O7/c1-33(2)18-10-15(11-32-22-12-5-6-13(22)7-12)24(35)20-16(18)8-14-9-17-23(34(3)4)26(37)21(29(31)40)28(39)30(17,41)27(38)19(14)25(20)36/h10,12-14,17,22-23,32,35-36,39,41H,5-9,11H2,1-4H3,(H2,31,40)/t12?,13?,14-,17-,22?,23-,30-/m0/s1. The Bertz CT molecular complexity index is 1430. The van der Waals surface area contributed by atoms with Crippen LogP contribution in [0.3, 0.4) is 0 Å². The zero-order valence-electron chi connectivity index (χ0n) is 23.8. The maximum atomic E-state index is 14.1. The Hall–Kier alpha value is -3.41. The third-order valence-electron chi connectivity index (χ3n) is 10.3. The van der Waals surface area contributed by atoms with Gasteiger partial charge in [-0.25, -0.2) is 0 Å². The van der Waals surface area contributed by atoms with Crippen molar-refractivity contribution in [3.8, 4) is 5.75 Å². The predicted octanol–water partition coefficient (Wildman–Crippen LogP) is 0.918. The van der Waals surface area contributed by atoms with Gasteiger partial charge in [0.05, 0.1) is 11.6 Å². The highest BCUT2D eigenvalue weighted by Crippen LogP contribution is 2.54. The van der Waals surface area contributed by atoms with Gasteiger partial charge in [-0.3, -0.25) is 19.3 Å². The van der Waals surface area contributed by atoms with Gasteiger partial charge in [0.2, 0.25) is 5.78 Å². The molecule has 2 unspecified atom stereocenters. The quantitative estimate of drug-likeness (QED) is 0.272. The number of aliphatic hydroxyl groups excluding tert-OH is 2. The molecule has 41 heavy (non-hydrogen) atoms. The topological polar surface area (TPSA) is 177 Å². The number of hydrogen-bond acceptors (Lipinski definition) is 10. The van der Waals surface area contributed by atoms with Gasteiger partial charge in [-0.1, -0.05) is 0 Å². The molecule has 0 radical (unpaired) electrons. The van der Waals surface area contributed by atoms with E-state index in [1.165, 1.54) is 24.2 Å². The molecule has 6 aliphatic rings. The van der Waals surface area contributed by atoms with Crippen molar-refractivity contribution < 1.29 is 34.8 Å². The Balaban J connectivity index is 1.47. The van der Waals surface area contributed by atoms with Crippen molar-refractivity contribution in [1.82, 2.24) is 10.2 Å². The SMILES string of the molecule is CN(C)c1cc(CNC2C3CCC2C3)c(O)c2c1C[C@H]1C[C@H]3[C@H](N(C)C)C(=O)C(C(N)=O)=C(O)[C@@]3(O)C(=O)C1=C2O. The monoisotopic (exact) mass is 566 g/mol. The molecule has 11 heteroatoms. The van der Waals surface area contributed by atoms with E-state index in [-0.39, 0.29) is 29.7 Å². The van der Waals surface area contributed by atoms with Crippen LogP contribution < -0.4 is 16.0 Å². The number of hydrogen-bond donors (Lipinski definition) is 6. The first kappa shape index (κ1) is 27.7. The van der Waals surface area contributed by atoms with Crippen LogP contribution in [0.1, 0.15) is 42.4 Å². The van der Waals surface area contributed by atoms with Gasteiger partial charge >= 0.3 is 0 Å². The summed E-state index contributed by atoms with van der Waals surface area (Å²) in [7, 11) is 6.90. The molecule has 1 aromatic carbocycles. The number of phenols is 1. The Morgan fingerprint density at radius 3 is 2.32 bits per heavy atom. The second-order valence-electron chi connectivity index (χ2n) is 12.9. The smallest absolute Gasteiger partial charge is 0.255 e. The van der Waals surface area contributed by atoms with Crippen LogP contribution in [0.5, 0.6) is 5.75 Å². The number of nitrogens with zero attached hydrogens (tertiary/aromatic N) is 2. The number of primary amides is 1. The summed E-state index contributed by atoms with van der Waals surface area (Å²) < 4.78 is 0. The molecule has 0 heterocycles. The fraction of sp³-hybridized carbons (Fsp3) is 0.567. The zero-order valence-corrected chi connectivity index (χ0v) is 23.8. The van der Waals surface area contributed by atoms with E-state index in [1.54, 1.807) is 14.1 Å². The average Bonchev–Trinajstić information content (AvgIpc) is 3.52. The highest BCUT2D eigenvalue weighted by Gasteiger charge is 2.64. The summed E-state index contributed by atoms with van der Waals surface area (Å²) in [6, 6.07) is 1.20. The second kappa shape index (κ2) is 9.30. The van der Waals surface area contributed by atoms with E-state index in [9.17, 15) is 34.8 Å². The number of aromatic hydroxyl groups is 1. The van der Waals surface area contributed by atoms with Crippen molar-refractivity contribution in [2.24, 2.45) is 29.4 Å². The van der Waals surface area contributed by atoms with E-state index in [1.807, 2.05) is 25.1 Å². The number of rotatable bonds is 6. The number of aliphatic hydroxyl groups is 3. The molecule has 6 aliphatic carbocycles. The van der Waals surface area contributed by atoms with Gasteiger partial charge in [0, 0.05) is 49.4 Å². The Morgan fingerprint density at radius 1 is 1.10 bits per heavy atom. The summed E-state index contributed by atoms with van der Waals surface area (Å²) in [5, 5.41) is 49.5. The summed E-state index contributed by atoms with van der Waals surface area (Å²) in [5.74, 6) is -5.11. The van der Waals surface area contributed by atoms with Crippen LogP contribution in [0.2, 0.25) is 0 Å². The normalized spacial score (nSPS) is 33.9. The number of ketones is 2. The number of amides is 1. The zero-order chi connectivity index (χ0) is 29.7. The first-order chi connectivity index (χ1) is 19.3. The summed E-state index contributed by atoms with van der Waals surface area (Å²) in [6.45, 7) is 0.391. The molecule has 0 spiro atoms. The lowest BCUT2D eigenvalue weighted by Crippen LogP contribution is -2.65. The van der Waals surface area contributed by atoms with Crippen molar-refractivity contribution in [2.75, 3.05) is 33.1 Å². The van der Waals surface area contributed by atoms with Gasteiger partial charge < -0.3 is 36.4 Å². The number of nitrogens with two attached hydrogens (primary N) is 1. The molecule has 4 fully saturated rings. The molecule has 7 N–H and O–H groups in total. The lowest BCUT2D eigenvalue weighted by Gasteiger charge is -2.50. The van der Waals surface area contributed by atoms with E-state index < -0.39 is 58.0 Å². The van der Waals surface area contributed by atoms with E-state index in [2.05, 4.69) is 5.32 Å². The number of anilines is 1. The molecular formula is C30H38N4O7. The molecule has 1 amide bonds. The van der Waals surface area contributed by atoms with E-state index >= 15 is 0 Å². The number of benzene rings is 1. The van der Waals surface area contributed by atoms with E-state index in [0.717, 1.165) is 5.69 Å². The number of nitrogens with one attached hydrogen (secondary N) is 1. The number of fused-ring (bicyclic) bond motifs is 4. The van der Waals surface area contributed by atoms with Gasteiger partial charge in [0.15, 0.2) is 11.4 Å². The van der Waals surface area contributed by atoms with Crippen molar-refractivity contribution in [2.45, 2.75) is 56.3 Å². The summed E-state index contributed by atoms with van der Waals surface area (Å²) in [4.78, 5) is 42.9. The van der Waals surface area contributed by atoms with Crippen LogP contribution in [0.4, 0.5) is 5.69 Å². The van der Waals surface area contributed by atoms with Crippen LogP contribution >= 0.6 is 0 Å². The average molecular weight is 567 g/mol. The summed E-state index contributed by atoms with van der Waals surface area (Å²) in [6.07, 6.45) is 3.97. The van der Waals surface area contributed by atoms with Crippen LogP contribution in [-0.4, -0.2) is 88.7 Å². The second-order valence-corrected chi connectivity index (χ2v) is 12.9. The minimum Gasteiger partial charge on any atom is -0.508 e. The lowest BCUT2D eigenvalue weighted by molar-refractivity contribution is -0.153. The molecule has 220 valence electrons. The van der Waals surface area contributed by atoms with Crippen molar-refractivity contribution in [3.63, 3.8) is 0 Å². The van der Waals surface area contributed by atoms with Crippen molar-refractivity contribution in [1.29, 1.82) is 0 Å². The number of carbonyl (C=O) groups is 3. The maximum Gasteiger partial charge on any atom is 0.255 e. The largest absolute Gasteiger partial charge is 0.508 e. The van der Waals surface area contributed by atoms with E-state index in [4.69, 9.17) is 5.73 Å². The van der Waals surface area contributed by atoms with Crippen molar-refractivity contribution >= 4 is 28.9 Å². The molecule has 4 saturated carbocycles. The van der Waals surface area contributed by atoms with Crippen LogP contribution in [0, 0.1) is 23.7 Å².